The van der Waals surface area contributed by atoms with Gasteiger partial charge in [-0.2, -0.15) is 0 Å². The van der Waals surface area contributed by atoms with Crippen LogP contribution in [-0.2, 0) is 0 Å². The van der Waals surface area contributed by atoms with Gasteiger partial charge >= 0.3 is 0 Å². The molecule has 5 heteroatoms. The molecule has 60 valence electrons. The van der Waals surface area contributed by atoms with E-state index in [-0.39, 0.29) is 0 Å². The summed E-state index contributed by atoms with van der Waals surface area (Å²) in [4.78, 5) is 0. The Hall–Kier alpha value is 0.510. The lowest BCUT2D eigenvalue weighted by atomic mass is 10.2. The molecule has 1 aliphatic heterocycles. The van der Waals surface area contributed by atoms with Crippen molar-refractivity contribution in [3.05, 3.63) is 0 Å². The van der Waals surface area contributed by atoms with Crippen molar-refractivity contribution in [2.24, 2.45) is 0 Å². The van der Waals surface area contributed by atoms with Crippen molar-refractivity contribution in [1.82, 2.24) is 8.43 Å². The second kappa shape index (κ2) is 3.77. The molecule has 1 fully saturated rings. The van der Waals surface area contributed by atoms with E-state index in [1.54, 1.807) is 0 Å². The summed E-state index contributed by atoms with van der Waals surface area (Å²) in [6.45, 7) is 1.96. The SMILES string of the molecule is FC(F)C1CN(I)CCN1. The van der Waals surface area contributed by atoms with Crippen molar-refractivity contribution >= 4 is 22.9 Å². The molecule has 1 saturated heterocycles. The van der Waals surface area contributed by atoms with Gasteiger partial charge < -0.3 is 5.32 Å². The van der Waals surface area contributed by atoms with Gasteiger partial charge in [0.25, 0.3) is 6.43 Å². The summed E-state index contributed by atoms with van der Waals surface area (Å²) >= 11 is 2.07. The Morgan fingerprint density at radius 3 is 2.70 bits per heavy atom. The normalized spacial score (nSPS) is 29.4. The molecule has 0 spiro atoms. The van der Waals surface area contributed by atoms with E-state index in [4.69, 9.17) is 0 Å². The molecule has 0 aromatic carbocycles. The Morgan fingerprint density at radius 2 is 2.30 bits per heavy atom. The zero-order valence-corrected chi connectivity index (χ0v) is 7.51. The van der Waals surface area contributed by atoms with Gasteiger partial charge in [-0.25, -0.2) is 11.9 Å². The minimum absolute atomic E-state index is 0.443. The first kappa shape index (κ1) is 8.61. The Bertz CT molecular complexity index is 112. The smallest absolute Gasteiger partial charge is 0.254 e. The van der Waals surface area contributed by atoms with Crippen LogP contribution in [0, 0.1) is 0 Å². The van der Waals surface area contributed by atoms with Crippen molar-refractivity contribution in [3.8, 4) is 0 Å². The molecule has 1 atom stereocenters. The van der Waals surface area contributed by atoms with Gasteiger partial charge in [0.1, 0.15) is 0 Å². The minimum Gasteiger partial charge on any atom is -0.306 e. The Kier molecular flexibility index (Phi) is 3.25. The van der Waals surface area contributed by atoms with E-state index in [9.17, 15) is 8.78 Å². The second-order valence-electron chi connectivity index (χ2n) is 2.26. The van der Waals surface area contributed by atoms with E-state index in [0.29, 0.717) is 13.1 Å². The summed E-state index contributed by atoms with van der Waals surface area (Å²) in [7, 11) is 0. The summed E-state index contributed by atoms with van der Waals surface area (Å²) in [5, 5.41) is 2.75. The van der Waals surface area contributed by atoms with Crippen molar-refractivity contribution in [1.29, 1.82) is 0 Å². The number of halogens is 3. The molecule has 10 heavy (non-hydrogen) atoms. The maximum absolute atomic E-state index is 12.0. The number of piperazine rings is 1. The predicted octanol–water partition coefficient (Wildman–Crippen LogP) is 0.875. The van der Waals surface area contributed by atoms with Crippen LogP contribution in [0.2, 0.25) is 0 Å². The van der Waals surface area contributed by atoms with Crippen LogP contribution < -0.4 is 5.32 Å². The first-order valence-corrected chi connectivity index (χ1v) is 4.09. The molecular weight excluding hydrogens is 253 g/mol. The highest BCUT2D eigenvalue weighted by atomic mass is 127. The second-order valence-corrected chi connectivity index (χ2v) is 3.63. The topological polar surface area (TPSA) is 15.3 Å². The Labute approximate surface area is 72.5 Å². The average Bonchev–Trinajstić information content (AvgIpc) is 1.88. The number of rotatable bonds is 1. The molecule has 1 rings (SSSR count). The molecule has 0 saturated carbocycles. The molecule has 0 radical (unpaired) electrons. The number of hydrogen-bond acceptors (Lipinski definition) is 2. The van der Waals surface area contributed by atoms with Gasteiger partial charge in [0.05, 0.1) is 6.04 Å². The summed E-state index contributed by atoms with van der Waals surface area (Å²) < 4.78 is 25.9. The van der Waals surface area contributed by atoms with E-state index in [1.807, 2.05) is 3.11 Å². The third-order valence-electron chi connectivity index (χ3n) is 1.46. The first-order chi connectivity index (χ1) is 4.70. The molecule has 0 aromatic heterocycles. The molecule has 0 aliphatic carbocycles. The monoisotopic (exact) mass is 262 g/mol. The van der Waals surface area contributed by atoms with E-state index in [2.05, 4.69) is 28.2 Å². The molecule has 2 nitrogen and oxygen atoms in total. The molecule has 0 bridgehead atoms. The standard InChI is InChI=1S/C5H9F2IN2/c6-5(7)4-3-10(8)2-1-9-4/h4-5,9H,1-3H2. The van der Waals surface area contributed by atoms with Crippen LogP contribution >= 0.6 is 22.9 Å². The zero-order valence-electron chi connectivity index (χ0n) is 5.36. The van der Waals surface area contributed by atoms with Crippen molar-refractivity contribution in [2.75, 3.05) is 19.6 Å². The maximum atomic E-state index is 12.0. The largest absolute Gasteiger partial charge is 0.306 e. The fourth-order valence-corrected chi connectivity index (χ4v) is 1.57. The van der Waals surface area contributed by atoms with E-state index in [0.717, 1.165) is 6.54 Å². The van der Waals surface area contributed by atoms with Gasteiger partial charge in [0.2, 0.25) is 0 Å². The van der Waals surface area contributed by atoms with Gasteiger partial charge in [-0.1, -0.05) is 0 Å². The molecule has 0 aromatic rings. The number of alkyl halides is 2. The van der Waals surface area contributed by atoms with Crippen LogP contribution in [0.1, 0.15) is 0 Å². The van der Waals surface area contributed by atoms with Gasteiger partial charge in [0, 0.05) is 42.5 Å². The number of hydrogen-bond donors (Lipinski definition) is 1. The van der Waals surface area contributed by atoms with E-state index in [1.165, 1.54) is 0 Å². The molecule has 1 N–H and O–H groups in total. The average molecular weight is 262 g/mol. The summed E-state index contributed by atoms with van der Waals surface area (Å²) in [5.74, 6) is 0. The van der Waals surface area contributed by atoms with Gasteiger partial charge in [-0.05, 0) is 0 Å². The summed E-state index contributed by atoms with van der Waals surface area (Å²) in [6.07, 6.45) is -2.24. The minimum atomic E-state index is -2.24. The number of nitrogens with zero attached hydrogens (tertiary/aromatic N) is 1. The maximum Gasteiger partial charge on any atom is 0.254 e. The number of nitrogens with one attached hydrogen (secondary N) is 1. The summed E-state index contributed by atoms with van der Waals surface area (Å²) in [6, 6.07) is -0.634. The molecule has 1 aliphatic rings. The highest BCUT2D eigenvalue weighted by Crippen LogP contribution is 2.10. The highest BCUT2D eigenvalue weighted by molar-refractivity contribution is 14.1. The van der Waals surface area contributed by atoms with Crippen LogP contribution in [0.3, 0.4) is 0 Å². The van der Waals surface area contributed by atoms with Crippen molar-refractivity contribution in [3.63, 3.8) is 0 Å². The van der Waals surface area contributed by atoms with Gasteiger partial charge in [0.15, 0.2) is 0 Å². The Balaban J connectivity index is 2.32. The van der Waals surface area contributed by atoms with Crippen LogP contribution in [0.4, 0.5) is 8.78 Å². The highest BCUT2D eigenvalue weighted by Gasteiger charge is 2.24. The van der Waals surface area contributed by atoms with Gasteiger partial charge in [-0.3, -0.25) is 0 Å². The van der Waals surface area contributed by atoms with Gasteiger partial charge in [-0.15, -0.1) is 0 Å². The van der Waals surface area contributed by atoms with E-state index < -0.39 is 12.5 Å². The first-order valence-electron chi connectivity index (χ1n) is 3.12. The fourth-order valence-electron chi connectivity index (χ4n) is 0.909. The van der Waals surface area contributed by atoms with Crippen molar-refractivity contribution < 1.29 is 8.78 Å². The lowest BCUT2D eigenvalue weighted by molar-refractivity contribution is 0.0809. The van der Waals surface area contributed by atoms with Crippen LogP contribution in [0.5, 0.6) is 0 Å². The third-order valence-corrected chi connectivity index (χ3v) is 2.34. The fraction of sp³-hybridized carbons (Fsp3) is 1.00. The molecule has 0 amide bonds. The summed E-state index contributed by atoms with van der Waals surface area (Å²) in [5.41, 5.74) is 0. The predicted molar refractivity (Wildman–Crippen MR) is 43.4 cm³/mol. The molecule has 1 heterocycles. The molecular formula is C5H9F2IN2. The van der Waals surface area contributed by atoms with Crippen LogP contribution in [-0.4, -0.2) is 35.2 Å². The van der Waals surface area contributed by atoms with Crippen LogP contribution in [0.15, 0.2) is 0 Å². The Morgan fingerprint density at radius 1 is 1.60 bits per heavy atom. The van der Waals surface area contributed by atoms with Crippen LogP contribution in [0.25, 0.3) is 0 Å². The van der Waals surface area contributed by atoms with E-state index >= 15 is 0 Å². The third kappa shape index (κ3) is 2.28. The van der Waals surface area contributed by atoms with Crippen molar-refractivity contribution in [2.45, 2.75) is 12.5 Å². The quantitative estimate of drug-likeness (QED) is 0.557. The zero-order chi connectivity index (χ0) is 7.56. The lowest BCUT2D eigenvalue weighted by Gasteiger charge is -2.28. The molecule has 1 unspecified atom stereocenters. The lowest BCUT2D eigenvalue weighted by Crippen LogP contribution is -2.50.